The molecule has 0 aliphatic heterocycles. The summed E-state index contributed by atoms with van der Waals surface area (Å²) in [5.41, 5.74) is 6.36. The molecule has 1 heterocycles. The first-order chi connectivity index (χ1) is 8.16. The second kappa shape index (κ2) is 6.56. The van der Waals surface area contributed by atoms with Crippen LogP contribution in [0.25, 0.3) is 0 Å². The fraction of sp³-hybridized carbons (Fsp3) is 0.500. The molecular formula is C12H18ClN3O2. The maximum absolute atomic E-state index is 11.8. The number of hydrogen-bond donors (Lipinski definition) is 3. The highest BCUT2D eigenvalue weighted by Gasteiger charge is 2.25. The van der Waals surface area contributed by atoms with E-state index in [4.69, 9.17) is 5.73 Å². The molecular weight excluding hydrogens is 254 g/mol. The Labute approximate surface area is 112 Å². The predicted octanol–water partition coefficient (Wildman–Crippen LogP) is 1.12. The minimum absolute atomic E-state index is 0. The van der Waals surface area contributed by atoms with Gasteiger partial charge in [-0.05, 0) is 25.0 Å². The summed E-state index contributed by atoms with van der Waals surface area (Å²) in [4.78, 5) is 15.8. The summed E-state index contributed by atoms with van der Waals surface area (Å²) in [7, 11) is 0. The Morgan fingerprint density at radius 1 is 1.39 bits per heavy atom. The summed E-state index contributed by atoms with van der Waals surface area (Å²) in [6, 6.07) is 3.06. The van der Waals surface area contributed by atoms with Crippen LogP contribution in [-0.4, -0.2) is 28.1 Å². The van der Waals surface area contributed by atoms with Gasteiger partial charge in [-0.1, -0.05) is 12.8 Å². The number of amides is 1. The summed E-state index contributed by atoms with van der Waals surface area (Å²) >= 11 is 0. The van der Waals surface area contributed by atoms with Gasteiger partial charge in [0, 0.05) is 0 Å². The van der Waals surface area contributed by atoms with Gasteiger partial charge < -0.3 is 16.2 Å². The molecule has 0 aromatic carbocycles. The molecule has 1 aromatic heterocycles. The molecule has 1 aromatic rings. The summed E-state index contributed by atoms with van der Waals surface area (Å²) in [6.45, 7) is 0. The van der Waals surface area contributed by atoms with E-state index in [0.29, 0.717) is 11.4 Å². The molecule has 2 atom stereocenters. The molecule has 1 saturated carbocycles. The van der Waals surface area contributed by atoms with Crippen molar-refractivity contribution in [3.05, 3.63) is 24.0 Å². The van der Waals surface area contributed by atoms with E-state index in [1.807, 2.05) is 0 Å². The number of anilines is 1. The summed E-state index contributed by atoms with van der Waals surface area (Å²) in [6.07, 6.45) is 4.64. The summed E-state index contributed by atoms with van der Waals surface area (Å²) in [5.74, 6) is -0.254. The van der Waals surface area contributed by atoms with E-state index in [1.54, 1.807) is 12.1 Å². The molecule has 100 valence electrons. The van der Waals surface area contributed by atoms with Crippen LogP contribution in [0.1, 0.15) is 36.2 Å². The molecule has 2 rings (SSSR count). The Morgan fingerprint density at radius 2 is 2.11 bits per heavy atom. The van der Waals surface area contributed by atoms with Gasteiger partial charge in [0.05, 0.1) is 24.0 Å². The molecule has 0 saturated heterocycles. The van der Waals surface area contributed by atoms with Gasteiger partial charge in [0.2, 0.25) is 0 Å². The average Bonchev–Trinajstić information content (AvgIpc) is 2.33. The van der Waals surface area contributed by atoms with Crippen molar-refractivity contribution in [2.45, 2.75) is 37.8 Å². The van der Waals surface area contributed by atoms with Gasteiger partial charge in [0.15, 0.2) is 0 Å². The highest BCUT2D eigenvalue weighted by molar-refractivity contribution is 5.92. The van der Waals surface area contributed by atoms with Gasteiger partial charge in [0.1, 0.15) is 5.69 Å². The van der Waals surface area contributed by atoms with Crippen LogP contribution in [0.15, 0.2) is 18.3 Å². The van der Waals surface area contributed by atoms with Gasteiger partial charge in [0.25, 0.3) is 5.91 Å². The van der Waals surface area contributed by atoms with Gasteiger partial charge in [-0.25, -0.2) is 4.98 Å². The van der Waals surface area contributed by atoms with Gasteiger partial charge in [-0.15, -0.1) is 12.4 Å². The third-order valence-corrected chi connectivity index (χ3v) is 3.06. The van der Waals surface area contributed by atoms with Crippen molar-refractivity contribution < 1.29 is 9.90 Å². The summed E-state index contributed by atoms with van der Waals surface area (Å²) in [5, 5.41) is 12.6. The number of nitrogens with one attached hydrogen (secondary N) is 1. The molecule has 1 aliphatic carbocycles. The number of halogens is 1. The molecule has 0 radical (unpaired) electrons. The lowest BCUT2D eigenvalue weighted by Crippen LogP contribution is -2.45. The van der Waals surface area contributed by atoms with Crippen molar-refractivity contribution in [1.29, 1.82) is 0 Å². The van der Waals surface area contributed by atoms with Gasteiger partial charge >= 0.3 is 0 Å². The van der Waals surface area contributed by atoms with Crippen LogP contribution in [0, 0.1) is 0 Å². The zero-order valence-corrected chi connectivity index (χ0v) is 10.8. The van der Waals surface area contributed by atoms with Gasteiger partial charge in [-0.3, -0.25) is 4.79 Å². The lowest BCUT2D eigenvalue weighted by molar-refractivity contribution is 0.0714. The smallest absolute Gasteiger partial charge is 0.270 e. The maximum Gasteiger partial charge on any atom is 0.270 e. The number of aliphatic hydroxyl groups is 1. The van der Waals surface area contributed by atoms with Crippen LogP contribution in [0.4, 0.5) is 5.69 Å². The van der Waals surface area contributed by atoms with E-state index in [-0.39, 0.29) is 24.4 Å². The van der Waals surface area contributed by atoms with E-state index >= 15 is 0 Å². The second-order valence-electron chi connectivity index (χ2n) is 4.41. The van der Waals surface area contributed by atoms with E-state index in [1.165, 1.54) is 6.20 Å². The van der Waals surface area contributed by atoms with Crippen molar-refractivity contribution in [2.75, 3.05) is 5.73 Å². The van der Waals surface area contributed by atoms with Crippen LogP contribution >= 0.6 is 12.4 Å². The Hall–Kier alpha value is -1.33. The van der Waals surface area contributed by atoms with Crippen LogP contribution in [0.3, 0.4) is 0 Å². The predicted molar refractivity (Wildman–Crippen MR) is 71.6 cm³/mol. The number of pyridine rings is 1. The molecule has 0 spiro atoms. The SMILES string of the molecule is Cl.Nc1ccc(C(=O)N[C@@H]2CCCC[C@H]2O)nc1. The number of aromatic nitrogens is 1. The Kier molecular flexibility index (Phi) is 5.37. The van der Waals surface area contributed by atoms with Crippen LogP contribution < -0.4 is 11.1 Å². The fourth-order valence-corrected chi connectivity index (χ4v) is 2.06. The minimum Gasteiger partial charge on any atom is -0.397 e. The molecule has 6 heteroatoms. The first kappa shape index (κ1) is 14.7. The molecule has 0 bridgehead atoms. The maximum atomic E-state index is 11.8. The normalized spacial score (nSPS) is 22.9. The van der Waals surface area contributed by atoms with Crippen LogP contribution in [-0.2, 0) is 0 Å². The van der Waals surface area contributed by atoms with Crippen LogP contribution in [0.5, 0.6) is 0 Å². The Morgan fingerprint density at radius 3 is 2.72 bits per heavy atom. The zero-order valence-electron chi connectivity index (χ0n) is 10.0. The number of carbonyl (C=O) groups is 1. The first-order valence-corrected chi connectivity index (χ1v) is 5.87. The third kappa shape index (κ3) is 3.58. The van der Waals surface area contributed by atoms with Crippen molar-refractivity contribution in [3.8, 4) is 0 Å². The number of aliphatic hydroxyl groups excluding tert-OH is 1. The topological polar surface area (TPSA) is 88.2 Å². The lowest BCUT2D eigenvalue weighted by Gasteiger charge is -2.28. The highest BCUT2D eigenvalue weighted by Crippen LogP contribution is 2.18. The first-order valence-electron chi connectivity index (χ1n) is 5.87. The van der Waals surface area contributed by atoms with E-state index in [2.05, 4.69) is 10.3 Å². The number of carbonyl (C=O) groups excluding carboxylic acids is 1. The van der Waals surface area contributed by atoms with E-state index in [0.717, 1.165) is 25.7 Å². The molecule has 1 amide bonds. The third-order valence-electron chi connectivity index (χ3n) is 3.06. The molecule has 5 nitrogen and oxygen atoms in total. The minimum atomic E-state index is -0.443. The molecule has 0 unspecified atom stereocenters. The zero-order chi connectivity index (χ0) is 12.3. The van der Waals surface area contributed by atoms with Crippen molar-refractivity contribution in [3.63, 3.8) is 0 Å². The number of hydrogen-bond acceptors (Lipinski definition) is 4. The van der Waals surface area contributed by atoms with E-state index in [9.17, 15) is 9.90 Å². The second-order valence-corrected chi connectivity index (χ2v) is 4.41. The lowest BCUT2D eigenvalue weighted by atomic mass is 9.92. The van der Waals surface area contributed by atoms with Crippen molar-refractivity contribution in [1.82, 2.24) is 10.3 Å². The quantitative estimate of drug-likeness (QED) is 0.752. The number of nitrogens with zero attached hydrogens (tertiary/aromatic N) is 1. The average molecular weight is 272 g/mol. The number of rotatable bonds is 2. The Balaban J connectivity index is 0.00000162. The molecule has 1 aliphatic rings. The van der Waals surface area contributed by atoms with E-state index < -0.39 is 6.10 Å². The van der Waals surface area contributed by atoms with Gasteiger partial charge in [-0.2, -0.15) is 0 Å². The molecule has 1 fully saturated rings. The summed E-state index contributed by atoms with van der Waals surface area (Å²) < 4.78 is 0. The molecule has 4 N–H and O–H groups in total. The van der Waals surface area contributed by atoms with Crippen molar-refractivity contribution >= 4 is 24.0 Å². The highest BCUT2D eigenvalue weighted by atomic mass is 35.5. The standard InChI is InChI=1S/C12H17N3O2.ClH/c13-8-5-6-10(14-7-8)12(17)15-9-3-1-2-4-11(9)16;/h5-7,9,11,16H,1-4,13H2,(H,15,17);1H/t9-,11-;/m1./s1. The monoisotopic (exact) mass is 271 g/mol. The van der Waals surface area contributed by atoms with Crippen molar-refractivity contribution in [2.24, 2.45) is 0 Å². The largest absolute Gasteiger partial charge is 0.397 e. The number of nitrogens with two attached hydrogens (primary N) is 1. The fourth-order valence-electron chi connectivity index (χ4n) is 2.06. The Bertz CT molecular complexity index is 397. The van der Waals surface area contributed by atoms with Crippen LogP contribution in [0.2, 0.25) is 0 Å². The number of nitrogen functional groups attached to an aromatic ring is 1. The molecule has 18 heavy (non-hydrogen) atoms.